The summed E-state index contributed by atoms with van der Waals surface area (Å²) in [5, 5.41) is 3.28. The number of hydrogen-bond acceptors (Lipinski definition) is 3. The van der Waals surface area contributed by atoms with Gasteiger partial charge in [-0.25, -0.2) is 4.39 Å². The summed E-state index contributed by atoms with van der Waals surface area (Å²) in [5.74, 6) is -0.0722. The maximum Gasteiger partial charge on any atom is 0.165 e. The van der Waals surface area contributed by atoms with Gasteiger partial charge in [-0.15, -0.1) is 0 Å². The molecule has 1 saturated carbocycles. The van der Waals surface area contributed by atoms with Crippen LogP contribution in [0.15, 0.2) is 18.2 Å². The van der Waals surface area contributed by atoms with Crippen molar-refractivity contribution in [3.8, 4) is 5.75 Å². The minimum atomic E-state index is -0.339. The summed E-state index contributed by atoms with van der Waals surface area (Å²) in [5.41, 5.74) is 6.56. The van der Waals surface area contributed by atoms with Crippen molar-refractivity contribution in [1.29, 1.82) is 0 Å². The number of hydrogen-bond donors (Lipinski definition) is 2. The van der Waals surface area contributed by atoms with Crippen LogP contribution >= 0.6 is 0 Å². The predicted octanol–water partition coefficient (Wildman–Crippen LogP) is 1.74. The highest BCUT2D eigenvalue weighted by Crippen LogP contribution is 2.26. The summed E-state index contributed by atoms with van der Waals surface area (Å²) in [6.07, 6.45) is 1.94. The van der Waals surface area contributed by atoms with Gasteiger partial charge < -0.3 is 15.8 Å². The first-order chi connectivity index (χ1) is 7.19. The molecule has 1 fully saturated rings. The zero-order valence-electron chi connectivity index (χ0n) is 8.66. The Morgan fingerprint density at radius 1 is 1.47 bits per heavy atom. The van der Waals surface area contributed by atoms with Crippen LogP contribution in [0.4, 0.5) is 10.1 Å². The summed E-state index contributed by atoms with van der Waals surface area (Å²) < 4.78 is 18.0. The monoisotopic (exact) mass is 210 g/mol. The zero-order chi connectivity index (χ0) is 10.8. The minimum absolute atomic E-state index is 0.267. The van der Waals surface area contributed by atoms with E-state index in [0.717, 1.165) is 18.5 Å². The molecule has 0 spiro atoms. The number of benzene rings is 1. The summed E-state index contributed by atoms with van der Waals surface area (Å²) >= 11 is 0. The third-order valence-corrected chi connectivity index (χ3v) is 2.70. The van der Waals surface area contributed by atoms with Crippen LogP contribution in [0, 0.1) is 5.82 Å². The van der Waals surface area contributed by atoms with Crippen LogP contribution in [0.3, 0.4) is 0 Å². The quantitative estimate of drug-likeness (QED) is 0.798. The lowest BCUT2D eigenvalue weighted by Crippen LogP contribution is -2.44. The van der Waals surface area contributed by atoms with E-state index < -0.39 is 0 Å². The Morgan fingerprint density at radius 3 is 2.80 bits per heavy atom. The zero-order valence-corrected chi connectivity index (χ0v) is 8.66. The van der Waals surface area contributed by atoms with E-state index in [1.54, 1.807) is 12.1 Å². The number of methoxy groups -OCH3 is 1. The predicted molar refractivity (Wildman–Crippen MR) is 57.6 cm³/mol. The molecule has 15 heavy (non-hydrogen) atoms. The van der Waals surface area contributed by atoms with Gasteiger partial charge in [-0.2, -0.15) is 0 Å². The largest absolute Gasteiger partial charge is 0.494 e. The SMILES string of the molecule is COc1cc(NC2CC(N)C2)ccc1F. The van der Waals surface area contributed by atoms with Gasteiger partial charge in [-0.3, -0.25) is 0 Å². The average molecular weight is 210 g/mol. The number of nitrogens with two attached hydrogens (primary N) is 1. The normalized spacial score (nSPS) is 24.5. The summed E-state index contributed by atoms with van der Waals surface area (Å²) in [4.78, 5) is 0. The van der Waals surface area contributed by atoms with Crippen molar-refractivity contribution >= 4 is 5.69 Å². The Hall–Kier alpha value is -1.29. The van der Waals surface area contributed by atoms with Crippen molar-refractivity contribution in [1.82, 2.24) is 0 Å². The van der Waals surface area contributed by atoms with Gasteiger partial charge in [0.2, 0.25) is 0 Å². The molecule has 0 amide bonds. The lowest BCUT2D eigenvalue weighted by molar-refractivity contribution is 0.372. The molecule has 1 aromatic carbocycles. The van der Waals surface area contributed by atoms with E-state index in [9.17, 15) is 4.39 Å². The molecular formula is C11H15FN2O. The van der Waals surface area contributed by atoms with Gasteiger partial charge >= 0.3 is 0 Å². The number of anilines is 1. The van der Waals surface area contributed by atoms with Crippen molar-refractivity contribution in [2.75, 3.05) is 12.4 Å². The van der Waals surface area contributed by atoms with E-state index in [1.165, 1.54) is 13.2 Å². The molecule has 0 unspecified atom stereocenters. The molecule has 3 nitrogen and oxygen atoms in total. The average Bonchev–Trinajstić information content (AvgIpc) is 2.18. The minimum Gasteiger partial charge on any atom is -0.494 e. The van der Waals surface area contributed by atoms with Crippen molar-refractivity contribution in [2.24, 2.45) is 5.73 Å². The van der Waals surface area contributed by atoms with Gasteiger partial charge in [0.1, 0.15) is 0 Å². The molecule has 0 aromatic heterocycles. The summed E-state index contributed by atoms with van der Waals surface area (Å²) in [6, 6.07) is 5.50. The third-order valence-electron chi connectivity index (χ3n) is 2.70. The van der Waals surface area contributed by atoms with Crippen LogP contribution in [0.1, 0.15) is 12.8 Å². The lowest BCUT2D eigenvalue weighted by atomic mass is 9.87. The first-order valence-electron chi connectivity index (χ1n) is 5.04. The van der Waals surface area contributed by atoms with Crippen LogP contribution in [-0.2, 0) is 0 Å². The Bertz CT molecular complexity index is 350. The molecule has 0 heterocycles. The van der Waals surface area contributed by atoms with Gasteiger partial charge in [0.25, 0.3) is 0 Å². The molecule has 2 rings (SSSR count). The third kappa shape index (κ3) is 2.21. The Morgan fingerprint density at radius 2 is 2.20 bits per heavy atom. The second-order valence-corrected chi connectivity index (χ2v) is 3.92. The fourth-order valence-electron chi connectivity index (χ4n) is 1.76. The Kier molecular flexibility index (Phi) is 2.77. The molecule has 0 bridgehead atoms. The van der Waals surface area contributed by atoms with Crippen molar-refractivity contribution < 1.29 is 9.13 Å². The molecule has 1 aliphatic rings. The van der Waals surface area contributed by atoms with Gasteiger partial charge in [0.15, 0.2) is 11.6 Å². The van der Waals surface area contributed by atoms with Crippen LogP contribution in [-0.4, -0.2) is 19.2 Å². The van der Waals surface area contributed by atoms with E-state index in [4.69, 9.17) is 10.5 Å². The van der Waals surface area contributed by atoms with Gasteiger partial charge in [-0.1, -0.05) is 0 Å². The molecule has 4 heteroatoms. The molecule has 0 saturated heterocycles. The van der Waals surface area contributed by atoms with Crippen molar-refractivity contribution in [3.05, 3.63) is 24.0 Å². The second-order valence-electron chi connectivity index (χ2n) is 3.92. The number of ether oxygens (including phenoxy) is 1. The highest BCUT2D eigenvalue weighted by molar-refractivity contribution is 5.49. The first-order valence-corrected chi connectivity index (χ1v) is 5.04. The van der Waals surface area contributed by atoms with Gasteiger partial charge in [0.05, 0.1) is 7.11 Å². The van der Waals surface area contributed by atoms with Crippen LogP contribution in [0.25, 0.3) is 0 Å². The first kappa shape index (κ1) is 10.2. The van der Waals surface area contributed by atoms with E-state index >= 15 is 0 Å². The van der Waals surface area contributed by atoms with Gasteiger partial charge in [0, 0.05) is 23.8 Å². The second kappa shape index (κ2) is 4.06. The van der Waals surface area contributed by atoms with Crippen molar-refractivity contribution in [2.45, 2.75) is 24.9 Å². The smallest absolute Gasteiger partial charge is 0.165 e. The molecular weight excluding hydrogens is 195 g/mol. The standard InChI is InChI=1S/C11H15FN2O/c1-15-11-6-8(2-3-10(11)12)14-9-4-7(13)5-9/h2-3,6-7,9,14H,4-5,13H2,1H3. The highest BCUT2D eigenvalue weighted by Gasteiger charge is 2.25. The number of halogens is 1. The maximum absolute atomic E-state index is 13.1. The molecule has 82 valence electrons. The van der Waals surface area contributed by atoms with Crippen molar-refractivity contribution in [3.63, 3.8) is 0 Å². The summed E-state index contributed by atoms with van der Waals surface area (Å²) in [7, 11) is 1.46. The summed E-state index contributed by atoms with van der Waals surface area (Å²) in [6.45, 7) is 0. The van der Waals surface area contributed by atoms with Gasteiger partial charge in [-0.05, 0) is 25.0 Å². The van der Waals surface area contributed by atoms with Crippen LogP contribution < -0.4 is 15.8 Å². The Labute approximate surface area is 88.4 Å². The molecule has 3 N–H and O–H groups in total. The van der Waals surface area contributed by atoms with E-state index in [-0.39, 0.29) is 11.6 Å². The lowest BCUT2D eigenvalue weighted by Gasteiger charge is -2.33. The van der Waals surface area contributed by atoms with Crippen LogP contribution in [0.2, 0.25) is 0 Å². The number of rotatable bonds is 3. The van der Waals surface area contributed by atoms with E-state index in [0.29, 0.717) is 12.1 Å². The topological polar surface area (TPSA) is 47.3 Å². The van der Waals surface area contributed by atoms with E-state index in [2.05, 4.69) is 5.32 Å². The number of nitrogens with one attached hydrogen (secondary N) is 1. The molecule has 1 aliphatic carbocycles. The highest BCUT2D eigenvalue weighted by atomic mass is 19.1. The fourth-order valence-corrected chi connectivity index (χ4v) is 1.76. The fraction of sp³-hybridized carbons (Fsp3) is 0.455. The van der Waals surface area contributed by atoms with Crippen LogP contribution in [0.5, 0.6) is 5.75 Å². The maximum atomic E-state index is 13.1. The Balaban J connectivity index is 2.02. The molecule has 0 aliphatic heterocycles. The molecule has 1 aromatic rings. The van der Waals surface area contributed by atoms with E-state index in [1.807, 2.05) is 0 Å². The molecule has 0 atom stereocenters. The molecule has 0 radical (unpaired) electrons.